The average Bonchev–Trinajstić information content (AvgIpc) is 2.72. The second-order valence-electron chi connectivity index (χ2n) is 6.24. The van der Waals surface area contributed by atoms with Gasteiger partial charge in [0.05, 0.1) is 25.9 Å². The SMILES string of the molecule is Cc1ccc2c(c1)c(C)c(C)n2CC(O)CN(CCO)CCO. The molecule has 128 valence electrons. The van der Waals surface area contributed by atoms with Gasteiger partial charge in [-0.2, -0.15) is 0 Å². The van der Waals surface area contributed by atoms with E-state index in [1.54, 1.807) is 0 Å². The third-order valence-corrected chi connectivity index (χ3v) is 4.49. The summed E-state index contributed by atoms with van der Waals surface area (Å²) in [5, 5.41) is 29.8. The van der Waals surface area contributed by atoms with Crippen LogP contribution < -0.4 is 0 Å². The molecular weight excluding hydrogens is 292 g/mol. The Labute approximate surface area is 137 Å². The van der Waals surface area contributed by atoms with Gasteiger partial charge >= 0.3 is 0 Å². The van der Waals surface area contributed by atoms with E-state index in [4.69, 9.17) is 10.2 Å². The summed E-state index contributed by atoms with van der Waals surface area (Å²) in [5.41, 5.74) is 4.79. The summed E-state index contributed by atoms with van der Waals surface area (Å²) in [6.45, 7) is 8.19. The Morgan fingerprint density at radius 2 is 1.74 bits per heavy atom. The topological polar surface area (TPSA) is 68.9 Å². The molecule has 1 heterocycles. The molecule has 0 aliphatic carbocycles. The molecule has 5 nitrogen and oxygen atoms in total. The van der Waals surface area contributed by atoms with Crippen molar-refractivity contribution in [2.75, 3.05) is 32.8 Å². The van der Waals surface area contributed by atoms with E-state index >= 15 is 0 Å². The van der Waals surface area contributed by atoms with E-state index in [0.29, 0.717) is 26.2 Å². The van der Waals surface area contributed by atoms with Gasteiger partial charge in [0.25, 0.3) is 0 Å². The zero-order valence-electron chi connectivity index (χ0n) is 14.3. The zero-order chi connectivity index (χ0) is 17.0. The molecule has 0 amide bonds. The van der Waals surface area contributed by atoms with Gasteiger partial charge in [-0.3, -0.25) is 4.90 Å². The predicted octanol–water partition coefficient (Wildman–Crippen LogP) is 1.21. The molecular formula is C18H28N2O3. The normalized spacial score (nSPS) is 13.2. The highest BCUT2D eigenvalue weighted by molar-refractivity contribution is 5.85. The van der Waals surface area contributed by atoms with Crippen molar-refractivity contribution in [1.82, 2.24) is 9.47 Å². The fourth-order valence-electron chi connectivity index (χ4n) is 3.14. The molecule has 3 N–H and O–H groups in total. The Bertz CT molecular complexity index is 645. The highest BCUT2D eigenvalue weighted by Gasteiger charge is 2.16. The fraction of sp³-hybridized carbons (Fsp3) is 0.556. The van der Waals surface area contributed by atoms with Crippen molar-refractivity contribution in [3.8, 4) is 0 Å². The Kier molecular flexibility index (Phi) is 6.18. The van der Waals surface area contributed by atoms with Crippen LogP contribution in [0.2, 0.25) is 0 Å². The van der Waals surface area contributed by atoms with Crippen LogP contribution in [0, 0.1) is 20.8 Å². The summed E-state index contributed by atoms with van der Waals surface area (Å²) in [6.07, 6.45) is -0.553. The van der Waals surface area contributed by atoms with Crippen LogP contribution in [-0.2, 0) is 6.54 Å². The van der Waals surface area contributed by atoms with Crippen LogP contribution >= 0.6 is 0 Å². The van der Waals surface area contributed by atoms with Gasteiger partial charge in [0, 0.05) is 36.2 Å². The molecule has 2 aromatic rings. The van der Waals surface area contributed by atoms with Crippen LogP contribution in [-0.4, -0.2) is 63.7 Å². The standard InChI is InChI=1S/C18H28N2O3/c1-13-4-5-18-17(10-13)14(2)15(3)20(18)12-16(23)11-19(6-8-21)7-9-22/h4-5,10,16,21-23H,6-9,11-12H2,1-3H3. The second kappa shape index (κ2) is 7.93. The molecule has 5 heteroatoms. The van der Waals surface area contributed by atoms with Crippen molar-refractivity contribution in [2.24, 2.45) is 0 Å². The number of aliphatic hydroxyl groups excluding tert-OH is 3. The molecule has 1 atom stereocenters. The number of nitrogens with zero attached hydrogens (tertiary/aromatic N) is 2. The molecule has 0 aliphatic rings. The van der Waals surface area contributed by atoms with Crippen molar-refractivity contribution in [1.29, 1.82) is 0 Å². The van der Waals surface area contributed by atoms with Crippen molar-refractivity contribution in [3.63, 3.8) is 0 Å². The molecule has 0 saturated heterocycles. The molecule has 0 bridgehead atoms. The van der Waals surface area contributed by atoms with E-state index in [0.717, 1.165) is 5.52 Å². The molecule has 2 rings (SSSR count). The maximum atomic E-state index is 10.4. The molecule has 23 heavy (non-hydrogen) atoms. The first-order valence-corrected chi connectivity index (χ1v) is 8.16. The van der Waals surface area contributed by atoms with Gasteiger partial charge in [-0.05, 0) is 38.5 Å². The minimum absolute atomic E-state index is 0.0244. The number of hydrogen-bond acceptors (Lipinski definition) is 4. The number of rotatable bonds is 8. The van der Waals surface area contributed by atoms with Crippen LogP contribution in [0.25, 0.3) is 10.9 Å². The van der Waals surface area contributed by atoms with Crippen LogP contribution in [0.15, 0.2) is 18.2 Å². The maximum absolute atomic E-state index is 10.4. The van der Waals surface area contributed by atoms with Gasteiger partial charge in [-0.25, -0.2) is 0 Å². The second-order valence-corrected chi connectivity index (χ2v) is 6.24. The van der Waals surface area contributed by atoms with Crippen LogP contribution in [0.5, 0.6) is 0 Å². The number of aliphatic hydroxyl groups is 3. The van der Waals surface area contributed by atoms with E-state index in [1.807, 2.05) is 4.90 Å². The van der Waals surface area contributed by atoms with Gasteiger partial charge in [0.15, 0.2) is 0 Å². The van der Waals surface area contributed by atoms with E-state index < -0.39 is 6.10 Å². The molecule has 1 unspecified atom stereocenters. The maximum Gasteiger partial charge on any atom is 0.0845 e. The fourth-order valence-corrected chi connectivity index (χ4v) is 3.14. The Morgan fingerprint density at radius 3 is 2.35 bits per heavy atom. The number of benzene rings is 1. The number of aryl methyl sites for hydroxylation is 2. The third-order valence-electron chi connectivity index (χ3n) is 4.49. The van der Waals surface area contributed by atoms with Crippen LogP contribution in [0.4, 0.5) is 0 Å². The van der Waals surface area contributed by atoms with Crippen molar-refractivity contribution in [2.45, 2.75) is 33.4 Å². The van der Waals surface area contributed by atoms with Gasteiger partial charge < -0.3 is 19.9 Å². The minimum Gasteiger partial charge on any atom is -0.395 e. The quantitative estimate of drug-likeness (QED) is 0.684. The summed E-state index contributed by atoms with van der Waals surface area (Å²) < 4.78 is 2.16. The highest BCUT2D eigenvalue weighted by atomic mass is 16.3. The van der Waals surface area contributed by atoms with Crippen molar-refractivity contribution < 1.29 is 15.3 Å². The smallest absolute Gasteiger partial charge is 0.0845 e. The van der Waals surface area contributed by atoms with Crippen LogP contribution in [0.1, 0.15) is 16.8 Å². The van der Waals surface area contributed by atoms with Gasteiger partial charge in [0.1, 0.15) is 0 Å². The molecule has 0 fully saturated rings. The summed E-state index contributed by atoms with van der Waals surface area (Å²) in [6, 6.07) is 6.38. The van der Waals surface area contributed by atoms with E-state index in [9.17, 15) is 5.11 Å². The largest absolute Gasteiger partial charge is 0.395 e. The first-order valence-electron chi connectivity index (χ1n) is 8.16. The summed E-state index contributed by atoms with van der Waals surface area (Å²) in [7, 11) is 0. The molecule has 0 spiro atoms. The Hall–Kier alpha value is -1.40. The van der Waals surface area contributed by atoms with Crippen molar-refractivity contribution in [3.05, 3.63) is 35.0 Å². The van der Waals surface area contributed by atoms with Gasteiger partial charge in [0.2, 0.25) is 0 Å². The zero-order valence-corrected chi connectivity index (χ0v) is 14.3. The van der Waals surface area contributed by atoms with Gasteiger partial charge in [-0.15, -0.1) is 0 Å². The molecule has 1 aromatic carbocycles. The molecule has 0 aliphatic heterocycles. The summed E-state index contributed by atoms with van der Waals surface area (Å²) in [4.78, 5) is 1.88. The average molecular weight is 320 g/mol. The van der Waals surface area contributed by atoms with E-state index in [1.165, 1.54) is 22.2 Å². The molecule has 0 saturated carbocycles. The number of aromatic nitrogens is 1. The van der Waals surface area contributed by atoms with Crippen LogP contribution in [0.3, 0.4) is 0 Å². The first-order chi connectivity index (χ1) is 11.0. The predicted molar refractivity (Wildman–Crippen MR) is 92.8 cm³/mol. The lowest BCUT2D eigenvalue weighted by molar-refractivity contribution is 0.0777. The third kappa shape index (κ3) is 4.12. The summed E-state index contributed by atoms with van der Waals surface area (Å²) in [5.74, 6) is 0. The summed E-state index contributed by atoms with van der Waals surface area (Å²) >= 11 is 0. The minimum atomic E-state index is -0.553. The lowest BCUT2D eigenvalue weighted by atomic mass is 10.1. The monoisotopic (exact) mass is 320 g/mol. The lowest BCUT2D eigenvalue weighted by Gasteiger charge is -2.24. The molecule has 0 radical (unpaired) electrons. The van der Waals surface area contributed by atoms with Crippen molar-refractivity contribution >= 4 is 10.9 Å². The lowest BCUT2D eigenvalue weighted by Crippen LogP contribution is -2.38. The first kappa shape index (κ1) is 17.9. The Morgan fingerprint density at radius 1 is 1.09 bits per heavy atom. The van der Waals surface area contributed by atoms with E-state index in [2.05, 4.69) is 43.5 Å². The van der Waals surface area contributed by atoms with Gasteiger partial charge in [-0.1, -0.05) is 11.6 Å². The number of hydrogen-bond donors (Lipinski definition) is 3. The molecule has 1 aromatic heterocycles. The van der Waals surface area contributed by atoms with E-state index in [-0.39, 0.29) is 13.2 Å². The highest BCUT2D eigenvalue weighted by Crippen LogP contribution is 2.26. The number of fused-ring (bicyclic) bond motifs is 1. The Balaban J connectivity index is 2.19.